The highest BCUT2D eigenvalue weighted by Gasteiger charge is 2.47. The summed E-state index contributed by atoms with van der Waals surface area (Å²) in [5.41, 5.74) is 2.41. The Hall–Kier alpha value is -1.62. The average molecular weight is 333 g/mol. The Morgan fingerprint density at radius 2 is 2.22 bits per heavy atom. The topological polar surface area (TPSA) is 54.5 Å². The average Bonchev–Trinajstić information content (AvgIpc) is 3.22. The summed E-state index contributed by atoms with van der Waals surface area (Å²) in [6, 6.07) is 8.09. The molecule has 3 atom stereocenters. The van der Waals surface area contributed by atoms with Crippen LogP contribution in [0.4, 0.5) is 0 Å². The standard InChI is InChI=1S/C18H23NO3S/c1-3-8-19(15-7-9-23(21,22)12-15)18(20)17-11-16(17)14-6-4-5-13(2)10-14/h3-6,10,15-17H,1,7-9,11-12H2,2H3/t15-,16+,17+/m0/s1. The number of hydrogen-bond acceptors (Lipinski definition) is 3. The third kappa shape index (κ3) is 3.50. The first-order chi connectivity index (χ1) is 10.9. The van der Waals surface area contributed by atoms with Crippen molar-refractivity contribution in [1.29, 1.82) is 0 Å². The van der Waals surface area contributed by atoms with E-state index in [0.29, 0.717) is 13.0 Å². The van der Waals surface area contributed by atoms with Crippen LogP contribution in [-0.2, 0) is 14.6 Å². The van der Waals surface area contributed by atoms with Gasteiger partial charge in [0.05, 0.1) is 11.5 Å². The zero-order valence-corrected chi connectivity index (χ0v) is 14.3. The van der Waals surface area contributed by atoms with Crippen LogP contribution in [0, 0.1) is 12.8 Å². The summed E-state index contributed by atoms with van der Waals surface area (Å²) < 4.78 is 23.4. The van der Waals surface area contributed by atoms with Crippen LogP contribution < -0.4 is 0 Å². The molecular weight excluding hydrogens is 310 g/mol. The molecule has 124 valence electrons. The van der Waals surface area contributed by atoms with Gasteiger partial charge in [-0.25, -0.2) is 8.42 Å². The van der Waals surface area contributed by atoms with Crippen LogP contribution in [0.2, 0.25) is 0 Å². The second kappa shape index (κ2) is 6.11. The second-order valence-electron chi connectivity index (χ2n) is 6.70. The van der Waals surface area contributed by atoms with Crippen LogP contribution in [0.15, 0.2) is 36.9 Å². The summed E-state index contributed by atoms with van der Waals surface area (Å²) in [6.45, 7) is 6.19. The second-order valence-corrected chi connectivity index (χ2v) is 8.93. The maximum absolute atomic E-state index is 12.8. The third-order valence-electron chi connectivity index (χ3n) is 4.84. The molecule has 1 aliphatic carbocycles. The largest absolute Gasteiger partial charge is 0.335 e. The molecule has 1 aliphatic heterocycles. The van der Waals surface area contributed by atoms with Gasteiger partial charge in [0, 0.05) is 18.5 Å². The Labute approximate surface area is 138 Å². The lowest BCUT2D eigenvalue weighted by molar-refractivity contribution is -0.133. The van der Waals surface area contributed by atoms with Crippen LogP contribution in [0.3, 0.4) is 0 Å². The van der Waals surface area contributed by atoms with Crippen molar-refractivity contribution in [2.24, 2.45) is 5.92 Å². The van der Waals surface area contributed by atoms with Gasteiger partial charge < -0.3 is 4.90 Å². The van der Waals surface area contributed by atoms with E-state index in [1.54, 1.807) is 11.0 Å². The first kappa shape index (κ1) is 16.2. The molecule has 4 nitrogen and oxygen atoms in total. The van der Waals surface area contributed by atoms with E-state index in [9.17, 15) is 13.2 Å². The number of benzene rings is 1. The van der Waals surface area contributed by atoms with Gasteiger partial charge in [0.15, 0.2) is 9.84 Å². The Morgan fingerprint density at radius 3 is 2.83 bits per heavy atom. The lowest BCUT2D eigenvalue weighted by Gasteiger charge is -2.27. The summed E-state index contributed by atoms with van der Waals surface area (Å²) in [5.74, 6) is 0.616. The lowest BCUT2D eigenvalue weighted by atomic mass is 10.1. The van der Waals surface area contributed by atoms with E-state index >= 15 is 0 Å². The molecule has 0 N–H and O–H groups in total. The number of sulfone groups is 1. The van der Waals surface area contributed by atoms with Gasteiger partial charge in [-0.15, -0.1) is 6.58 Å². The minimum atomic E-state index is -3.00. The van der Waals surface area contributed by atoms with Gasteiger partial charge in [-0.3, -0.25) is 4.79 Å². The van der Waals surface area contributed by atoms with E-state index in [-0.39, 0.29) is 35.3 Å². The quantitative estimate of drug-likeness (QED) is 0.777. The number of carbonyl (C=O) groups excluding carboxylic acids is 1. The molecule has 2 aliphatic rings. The number of amides is 1. The Bertz CT molecular complexity index is 726. The van der Waals surface area contributed by atoms with Crippen molar-refractivity contribution < 1.29 is 13.2 Å². The van der Waals surface area contributed by atoms with Crippen LogP contribution in [0.5, 0.6) is 0 Å². The fourth-order valence-corrected chi connectivity index (χ4v) is 5.26. The predicted molar refractivity (Wildman–Crippen MR) is 91.0 cm³/mol. The van der Waals surface area contributed by atoms with Crippen LogP contribution >= 0.6 is 0 Å². The van der Waals surface area contributed by atoms with Gasteiger partial charge in [-0.2, -0.15) is 0 Å². The highest BCUT2D eigenvalue weighted by atomic mass is 32.2. The van der Waals surface area contributed by atoms with Crippen molar-refractivity contribution in [1.82, 2.24) is 4.90 Å². The van der Waals surface area contributed by atoms with E-state index < -0.39 is 9.84 Å². The molecule has 0 aromatic heterocycles. The summed E-state index contributed by atoms with van der Waals surface area (Å²) in [7, 11) is -3.00. The molecule has 1 saturated carbocycles. The molecule has 2 fully saturated rings. The summed E-state index contributed by atoms with van der Waals surface area (Å²) in [6.07, 6.45) is 3.09. The Morgan fingerprint density at radius 1 is 1.43 bits per heavy atom. The Kier molecular flexibility index (Phi) is 4.32. The zero-order chi connectivity index (χ0) is 16.6. The van der Waals surface area contributed by atoms with Gasteiger partial charge in [0.2, 0.25) is 5.91 Å². The van der Waals surface area contributed by atoms with E-state index in [4.69, 9.17) is 0 Å². The lowest BCUT2D eigenvalue weighted by Crippen LogP contribution is -2.42. The van der Waals surface area contributed by atoms with Crippen molar-refractivity contribution >= 4 is 15.7 Å². The van der Waals surface area contributed by atoms with E-state index in [2.05, 4.69) is 31.7 Å². The van der Waals surface area contributed by atoms with Gasteiger partial charge >= 0.3 is 0 Å². The molecule has 1 aromatic rings. The summed E-state index contributed by atoms with van der Waals surface area (Å²) in [4.78, 5) is 14.6. The fourth-order valence-electron chi connectivity index (χ4n) is 3.53. The Balaban J connectivity index is 1.72. The number of nitrogens with zero attached hydrogens (tertiary/aromatic N) is 1. The molecule has 1 saturated heterocycles. The first-order valence-electron chi connectivity index (χ1n) is 8.09. The van der Waals surface area contributed by atoms with Gasteiger partial charge in [0.25, 0.3) is 0 Å². The molecule has 0 radical (unpaired) electrons. The third-order valence-corrected chi connectivity index (χ3v) is 6.59. The number of carbonyl (C=O) groups is 1. The summed E-state index contributed by atoms with van der Waals surface area (Å²) in [5, 5.41) is 0. The first-order valence-corrected chi connectivity index (χ1v) is 9.92. The van der Waals surface area contributed by atoms with Gasteiger partial charge in [-0.1, -0.05) is 35.9 Å². The molecule has 5 heteroatoms. The minimum Gasteiger partial charge on any atom is -0.335 e. The molecule has 0 spiro atoms. The molecule has 0 bridgehead atoms. The van der Waals surface area contributed by atoms with Gasteiger partial charge in [-0.05, 0) is 31.2 Å². The van der Waals surface area contributed by atoms with Crippen molar-refractivity contribution in [3.8, 4) is 0 Å². The number of hydrogen-bond donors (Lipinski definition) is 0. The molecule has 1 heterocycles. The molecule has 3 rings (SSSR count). The smallest absolute Gasteiger partial charge is 0.226 e. The van der Waals surface area contributed by atoms with E-state index in [1.807, 2.05) is 6.07 Å². The maximum atomic E-state index is 12.8. The van der Waals surface area contributed by atoms with Crippen LogP contribution in [0.25, 0.3) is 0 Å². The SMILES string of the molecule is C=CCN(C(=O)[C@@H]1C[C@@H]1c1cccc(C)c1)[C@H]1CCS(=O)(=O)C1. The zero-order valence-electron chi connectivity index (χ0n) is 13.4. The van der Waals surface area contributed by atoms with Crippen molar-refractivity contribution in [3.63, 3.8) is 0 Å². The number of aryl methyl sites for hydroxylation is 1. The molecule has 23 heavy (non-hydrogen) atoms. The molecular formula is C18H23NO3S. The number of rotatable bonds is 5. The van der Waals surface area contributed by atoms with Crippen molar-refractivity contribution in [2.45, 2.75) is 31.7 Å². The fraction of sp³-hybridized carbons (Fsp3) is 0.500. The van der Waals surface area contributed by atoms with Crippen molar-refractivity contribution in [2.75, 3.05) is 18.1 Å². The van der Waals surface area contributed by atoms with Gasteiger partial charge in [0.1, 0.15) is 0 Å². The van der Waals surface area contributed by atoms with Crippen molar-refractivity contribution in [3.05, 3.63) is 48.0 Å². The van der Waals surface area contributed by atoms with Crippen LogP contribution in [-0.4, -0.2) is 43.3 Å². The maximum Gasteiger partial charge on any atom is 0.226 e. The monoisotopic (exact) mass is 333 g/mol. The highest BCUT2D eigenvalue weighted by molar-refractivity contribution is 7.91. The molecule has 0 unspecified atom stereocenters. The van der Waals surface area contributed by atoms with Crippen LogP contribution in [0.1, 0.15) is 29.9 Å². The normalized spacial score (nSPS) is 28.3. The molecule has 1 aromatic carbocycles. The predicted octanol–water partition coefficient (Wildman–Crippen LogP) is 2.30. The summed E-state index contributed by atoms with van der Waals surface area (Å²) >= 11 is 0. The van der Waals surface area contributed by atoms with E-state index in [0.717, 1.165) is 6.42 Å². The molecule has 1 amide bonds. The van der Waals surface area contributed by atoms with E-state index in [1.165, 1.54) is 11.1 Å². The highest BCUT2D eigenvalue weighted by Crippen LogP contribution is 2.49. The minimum absolute atomic E-state index is 0.0138.